The Kier molecular flexibility index (Phi) is 5.36. The van der Waals surface area contributed by atoms with Crippen LogP contribution in [0.4, 0.5) is 0 Å². The smallest absolute Gasteiger partial charge is 0.253 e. The van der Waals surface area contributed by atoms with Gasteiger partial charge >= 0.3 is 0 Å². The molecule has 0 aliphatic carbocycles. The molecule has 1 aromatic carbocycles. The van der Waals surface area contributed by atoms with Gasteiger partial charge in [0, 0.05) is 23.6 Å². The number of hydrogen-bond acceptors (Lipinski definition) is 5. The molecule has 0 bridgehead atoms. The highest BCUT2D eigenvalue weighted by Gasteiger charge is 2.35. The van der Waals surface area contributed by atoms with Gasteiger partial charge in [0.15, 0.2) is 6.20 Å². The number of carbonyl (C=O) groups excluding carboxylic acids is 1. The number of carbonyl (C=O) groups is 1. The number of rotatable bonds is 5. The van der Waals surface area contributed by atoms with Gasteiger partial charge in [-0.25, -0.2) is 5.01 Å². The van der Waals surface area contributed by atoms with E-state index >= 15 is 0 Å². The molecule has 0 N–H and O–H groups in total. The molecule has 1 aliphatic rings. The van der Waals surface area contributed by atoms with Crippen molar-refractivity contribution in [1.29, 1.82) is 0 Å². The van der Waals surface area contributed by atoms with Gasteiger partial charge in [-0.2, -0.15) is 9.83 Å². The average Bonchev–Trinajstić information content (AvgIpc) is 3.37. The fourth-order valence-electron chi connectivity index (χ4n) is 2.99. The molecule has 0 radical (unpaired) electrons. The van der Waals surface area contributed by atoms with Gasteiger partial charge in [-0.05, 0) is 47.7 Å². The van der Waals surface area contributed by atoms with Crippen LogP contribution in [0.3, 0.4) is 0 Å². The Hall–Kier alpha value is -2.77. The number of furan rings is 1. The normalized spacial score (nSPS) is 16.2. The third-order valence-electron chi connectivity index (χ3n) is 4.35. The molecular weight excluding hydrogens is 398 g/mol. The summed E-state index contributed by atoms with van der Waals surface area (Å²) < 4.78 is 6.28. The number of thioether (sulfide) groups is 1. The molecule has 8 heteroatoms. The fourth-order valence-corrected chi connectivity index (χ4v) is 3.88. The number of halogens is 1. The van der Waals surface area contributed by atoms with Crippen molar-refractivity contribution in [3.8, 4) is 0 Å². The van der Waals surface area contributed by atoms with Crippen molar-refractivity contribution in [3.05, 3.63) is 88.6 Å². The van der Waals surface area contributed by atoms with Gasteiger partial charge in [0.2, 0.25) is 0 Å². The minimum Gasteiger partial charge on any atom is -0.618 e. The van der Waals surface area contributed by atoms with E-state index in [4.69, 9.17) is 16.0 Å². The molecule has 0 saturated heterocycles. The first kappa shape index (κ1) is 18.6. The first-order chi connectivity index (χ1) is 13.6. The SMILES string of the molecule is O=C(CSc1cccc[n+]1[O-])N1N=C(c2ccc(Cl)cc2)C[C@H]1c1ccco1. The molecule has 0 saturated carbocycles. The van der Waals surface area contributed by atoms with Crippen molar-refractivity contribution in [3.63, 3.8) is 0 Å². The van der Waals surface area contributed by atoms with Crippen LogP contribution >= 0.6 is 23.4 Å². The van der Waals surface area contributed by atoms with E-state index in [2.05, 4.69) is 5.10 Å². The number of amides is 1. The number of nitrogens with zero attached hydrogens (tertiary/aromatic N) is 3. The molecule has 0 fully saturated rings. The monoisotopic (exact) mass is 413 g/mol. The van der Waals surface area contributed by atoms with Crippen LogP contribution in [0.25, 0.3) is 0 Å². The lowest BCUT2D eigenvalue weighted by Gasteiger charge is -2.19. The Morgan fingerprint density at radius 2 is 2.07 bits per heavy atom. The minimum atomic E-state index is -0.316. The Morgan fingerprint density at radius 1 is 1.25 bits per heavy atom. The number of hydrazone groups is 1. The largest absolute Gasteiger partial charge is 0.618 e. The molecule has 1 amide bonds. The van der Waals surface area contributed by atoms with Crippen molar-refractivity contribution in [1.82, 2.24) is 5.01 Å². The number of benzene rings is 1. The number of hydrogen-bond donors (Lipinski definition) is 0. The second kappa shape index (κ2) is 8.08. The lowest BCUT2D eigenvalue weighted by molar-refractivity contribution is -0.645. The molecule has 1 atom stereocenters. The molecule has 3 aromatic rings. The topological polar surface area (TPSA) is 72.8 Å². The predicted octanol–water partition coefficient (Wildman–Crippen LogP) is 4.04. The standard InChI is InChI=1S/C20H16ClN3O3S/c21-15-8-6-14(7-9-15)16-12-17(18-4-3-11-27-18)24(22-16)19(25)13-28-20-5-1-2-10-23(20)26/h1-11,17H,12-13H2/t17-/m0/s1. The van der Waals surface area contributed by atoms with Crippen LogP contribution < -0.4 is 4.73 Å². The summed E-state index contributed by atoms with van der Waals surface area (Å²) >= 11 is 7.15. The zero-order valence-electron chi connectivity index (χ0n) is 14.7. The van der Waals surface area contributed by atoms with Gasteiger partial charge in [-0.3, -0.25) is 4.79 Å². The summed E-state index contributed by atoms with van der Waals surface area (Å²) in [5, 5.41) is 18.9. The summed E-state index contributed by atoms with van der Waals surface area (Å²) in [6.07, 6.45) is 3.53. The van der Waals surface area contributed by atoms with Gasteiger partial charge < -0.3 is 9.62 Å². The molecule has 6 nitrogen and oxygen atoms in total. The summed E-state index contributed by atoms with van der Waals surface area (Å²) in [6, 6.07) is 15.8. The molecule has 4 rings (SSSR count). The Balaban J connectivity index is 1.56. The molecule has 0 unspecified atom stereocenters. The van der Waals surface area contributed by atoms with E-state index < -0.39 is 0 Å². The highest BCUT2D eigenvalue weighted by atomic mass is 35.5. The maximum Gasteiger partial charge on any atom is 0.253 e. The second-order valence-corrected chi connectivity index (χ2v) is 7.61. The molecule has 3 heterocycles. The lowest BCUT2D eigenvalue weighted by atomic mass is 10.0. The molecular formula is C20H16ClN3O3S. The Labute approximate surface area is 171 Å². The van der Waals surface area contributed by atoms with E-state index in [0.717, 1.165) is 16.0 Å². The van der Waals surface area contributed by atoms with E-state index in [0.29, 0.717) is 22.2 Å². The molecule has 142 valence electrons. The fraction of sp³-hybridized carbons (Fsp3) is 0.150. The van der Waals surface area contributed by atoms with Crippen molar-refractivity contribution in [2.24, 2.45) is 5.10 Å². The highest BCUT2D eigenvalue weighted by molar-refractivity contribution is 7.99. The summed E-state index contributed by atoms with van der Waals surface area (Å²) in [5.74, 6) is 0.574. The molecule has 2 aromatic heterocycles. The minimum absolute atomic E-state index is 0.0981. The van der Waals surface area contributed by atoms with Crippen LogP contribution in [0, 0.1) is 5.21 Å². The summed E-state index contributed by atoms with van der Waals surface area (Å²) in [7, 11) is 0. The Morgan fingerprint density at radius 3 is 2.79 bits per heavy atom. The quantitative estimate of drug-likeness (QED) is 0.359. The van der Waals surface area contributed by atoms with E-state index in [9.17, 15) is 10.0 Å². The van der Waals surface area contributed by atoms with Crippen LogP contribution in [0.5, 0.6) is 0 Å². The first-order valence-corrected chi connectivity index (χ1v) is 9.98. The summed E-state index contributed by atoms with van der Waals surface area (Å²) in [6.45, 7) is 0. The van der Waals surface area contributed by atoms with Crippen LogP contribution in [0.1, 0.15) is 23.8 Å². The van der Waals surface area contributed by atoms with Crippen molar-refractivity contribution < 1.29 is 13.9 Å². The first-order valence-electron chi connectivity index (χ1n) is 8.61. The van der Waals surface area contributed by atoms with E-state index in [-0.39, 0.29) is 17.7 Å². The summed E-state index contributed by atoms with van der Waals surface area (Å²) in [4.78, 5) is 12.9. The van der Waals surface area contributed by atoms with Crippen LogP contribution in [0.15, 0.2) is 81.6 Å². The molecule has 28 heavy (non-hydrogen) atoms. The summed E-state index contributed by atoms with van der Waals surface area (Å²) in [5.41, 5.74) is 1.69. The maximum atomic E-state index is 12.9. The van der Waals surface area contributed by atoms with E-state index in [1.807, 2.05) is 18.2 Å². The highest BCUT2D eigenvalue weighted by Crippen LogP contribution is 2.34. The van der Waals surface area contributed by atoms with Gasteiger partial charge in [0.25, 0.3) is 10.9 Å². The van der Waals surface area contributed by atoms with Crippen LogP contribution in [-0.4, -0.2) is 22.4 Å². The third-order valence-corrected chi connectivity index (χ3v) is 5.60. The molecule has 1 aliphatic heterocycles. The van der Waals surface area contributed by atoms with E-state index in [1.54, 1.807) is 42.7 Å². The zero-order valence-corrected chi connectivity index (χ0v) is 16.3. The Bertz CT molecular complexity index is 1010. The van der Waals surface area contributed by atoms with Gasteiger partial charge in [-0.1, -0.05) is 23.7 Å². The number of pyridine rings is 1. The maximum absolute atomic E-state index is 12.9. The van der Waals surface area contributed by atoms with Gasteiger partial charge in [0.1, 0.15) is 11.8 Å². The second-order valence-electron chi connectivity index (χ2n) is 6.18. The predicted molar refractivity (Wildman–Crippen MR) is 107 cm³/mol. The van der Waals surface area contributed by atoms with E-state index in [1.165, 1.54) is 23.0 Å². The van der Waals surface area contributed by atoms with Crippen molar-refractivity contribution in [2.75, 3.05) is 5.75 Å². The van der Waals surface area contributed by atoms with Crippen molar-refractivity contribution in [2.45, 2.75) is 17.5 Å². The van der Waals surface area contributed by atoms with Crippen LogP contribution in [0.2, 0.25) is 5.02 Å². The zero-order chi connectivity index (χ0) is 19.5. The molecule has 0 spiro atoms. The third kappa shape index (κ3) is 3.90. The average molecular weight is 414 g/mol. The number of aromatic nitrogens is 1. The van der Waals surface area contributed by atoms with Gasteiger partial charge in [-0.15, -0.1) is 0 Å². The van der Waals surface area contributed by atoms with Crippen molar-refractivity contribution >= 4 is 35.0 Å². The van der Waals surface area contributed by atoms with Gasteiger partial charge in [0.05, 0.1) is 17.7 Å². The lowest BCUT2D eigenvalue weighted by Crippen LogP contribution is -2.31. The van der Waals surface area contributed by atoms with Crippen LogP contribution in [-0.2, 0) is 4.79 Å².